The molecule has 5 rings (SSSR count). The first-order valence-electron chi connectivity index (χ1n) is 11.2. The Balaban J connectivity index is 1.23. The van der Waals surface area contributed by atoms with Crippen LogP contribution in [0, 0.1) is 6.92 Å². The van der Waals surface area contributed by atoms with Crippen LogP contribution in [0.15, 0.2) is 66.0 Å². The molecule has 3 heterocycles. The Morgan fingerprint density at radius 1 is 1.12 bits per heavy atom. The number of anilines is 1. The number of pyridine rings is 1. The van der Waals surface area contributed by atoms with E-state index in [1.807, 2.05) is 73.0 Å². The van der Waals surface area contributed by atoms with Crippen LogP contribution in [0.4, 0.5) is 9.93 Å². The molecule has 0 radical (unpaired) electrons. The number of carbonyl (C=O) groups excluding carboxylic acids is 2. The van der Waals surface area contributed by atoms with E-state index < -0.39 is 12.1 Å². The molecule has 4 aromatic rings. The second kappa shape index (κ2) is 9.61. The largest absolute Gasteiger partial charge is 0.445 e. The highest BCUT2D eigenvalue weighted by atomic mass is 32.1. The summed E-state index contributed by atoms with van der Waals surface area (Å²) < 4.78 is 5.44. The maximum atomic E-state index is 13.0. The molecule has 1 aliphatic heterocycles. The lowest BCUT2D eigenvalue weighted by atomic mass is 10.1. The van der Waals surface area contributed by atoms with Gasteiger partial charge in [0.15, 0.2) is 5.13 Å². The molecule has 1 aliphatic rings. The lowest BCUT2D eigenvalue weighted by Crippen LogP contribution is -2.43. The molecule has 1 unspecified atom stereocenters. The zero-order chi connectivity index (χ0) is 23.5. The number of thiazole rings is 1. The number of nitrogens with zero attached hydrogens (tertiary/aromatic N) is 3. The molecule has 2 aromatic carbocycles. The van der Waals surface area contributed by atoms with Crippen molar-refractivity contribution in [3.63, 3.8) is 0 Å². The third kappa shape index (κ3) is 4.77. The lowest BCUT2D eigenvalue weighted by Gasteiger charge is -2.22. The van der Waals surface area contributed by atoms with Crippen molar-refractivity contribution in [1.82, 2.24) is 14.9 Å². The first kappa shape index (κ1) is 22.0. The predicted octanol–water partition coefficient (Wildman–Crippen LogP) is 5.41. The average Bonchev–Trinajstić information content (AvgIpc) is 3.53. The molecule has 1 fully saturated rings. The number of rotatable bonds is 5. The third-order valence-electron chi connectivity index (χ3n) is 5.85. The van der Waals surface area contributed by atoms with Crippen molar-refractivity contribution in [1.29, 1.82) is 0 Å². The van der Waals surface area contributed by atoms with Crippen LogP contribution >= 0.6 is 11.3 Å². The van der Waals surface area contributed by atoms with Crippen LogP contribution in [0.25, 0.3) is 22.2 Å². The van der Waals surface area contributed by atoms with Gasteiger partial charge in [-0.05, 0) is 43.5 Å². The summed E-state index contributed by atoms with van der Waals surface area (Å²) in [6.45, 7) is 2.65. The number of benzene rings is 2. The van der Waals surface area contributed by atoms with Crippen molar-refractivity contribution in [2.24, 2.45) is 0 Å². The van der Waals surface area contributed by atoms with Crippen molar-refractivity contribution in [2.75, 3.05) is 11.9 Å². The summed E-state index contributed by atoms with van der Waals surface area (Å²) in [5.41, 5.74) is 4.57. The second-order valence-corrected chi connectivity index (χ2v) is 9.14. The number of nitrogens with one attached hydrogen (secondary N) is 1. The van der Waals surface area contributed by atoms with E-state index in [-0.39, 0.29) is 12.5 Å². The second-order valence-electron chi connectivity index (χ2n) is 8.28. The maximum Gasteiger partial charge on any atom is 0.410 e. The summed E-state index contributed by atoms with van der Waals surface area (Å²) in [4.78, 5) is 36.2. The minimum Gasteiger partial charge on any atom is -0.445 e. The molecule has 1 saturated heterocycles. The van der Waals surface area contributed by atoms with Gasteiger partial charge in [-0.25, -0.2) is 9.78 Å². The molecule has 8 heteroatoms. The quantitative estimate of drug-likeness (QED) is 0.420. The maximum absolute atomic E-state index is 13.0. The van der Waals surface area contributed by atoms with E-state index in [4.69, 9.17) is 4.74 Å². The van der Waals surface area contributed by atoms with Crippen LogP contribution in [0.1, 0.15) is 24.1 Å². The van der Waals surface area contributed by atoms with Crippen LogP contribution in [0.5, 0.6) is 0 Å². The van der Waals surface area contributed by atoms with Gasteiger partial charge in [-0.2, -0.15) is 0 Å². The van der Waals surface area contributed by atoms with E-state index in [0.717, 1.165) is 39.8 Å². The highest BCUT2D eigenvalue weighted by molar-refractivity contribution is 7.14. The van der Waals surface area contributed by atoms with Gasteiger partial charge < -0.3 is 10.1 Å². The van der Waals surface area contributed by atoms with E-state index >= 15 is 0 Å². The van der Waals surface area contributed by atoms with Crippen LogP contribution in [0.2, 0.25) is 0 Å². The van der Waals surface area contributed by atoms with Gasteiger partial charge in [-0.1, -0.05) is 42.5 Å². The Morgan fingerprint density at radius 3 is 2.82 bits per heavy atom. The first-order chi connectivity index (χ1) is 16.6. The van der Waals surface area contributed by atoms with E-state index in [0.29, 0.717) is 18.1 Å². The molecular formula is C26H24N4O3S. The van der Waals surface area contributed by atoms with Crippen molar-refractivity contribution < 1.29 is 14.3 Å². The minimum atomic E-state index is -0.564. The molecule has 0 spiro atoms. The van der Waals surface area contributed by atoms with Crippen LogP contribution in [-0.2, 0) is 16.1 Å². The van der Waals surface area contributed by atoms with Gasteiger partial charge in [0.1, 0.15) is 12.6 Å². The standard InChI is InChI=1S/C26H24N4O3S/c1-17-9-10-19-14-20(11-12-21(19)27-17)22-16-34-25(28-22)29-24(31)23-8-5-13-30(23)26(32)33-15-18-6-3-2-4-7-18/h2-4,6-7,9-12,14,16,23H,5,8,13,15H2,1H3,(H,28,29,31). The summed E-state index contributed by atoms with van der Waals surface area (Å²) in [5, 5.41) is 6.34. The van der Waals surface area contributed by atoms with Crippen LogP contribution in [-0.4, -0.2) is 39.5 Å². The van der Waals surface area contributed by atoms with E-state index in [2.05, 4.69) is 15.3 Å². The first-order valence-corrected chi connectivity index (χ1v) is 12.1. The minimum absolute atomic E-state index is 0.182. The van der Waals surface area contributed by atoms with Gasteiger partial charge >= 0.3 is 6.09 Å². The Morgan fingerprint density at radius 2 is 1.97 bits per heavy atom. The number of amides is 2. The fourth-order valence-corrected chi connectivity index (χ4v) is 4.82. The van der Waals surface area contributed by atoms with Gasteiger partial charge in [-0.3, -0.25) is 14.7 Å². The number of hydrogen-bond donors (Lipinski definition) is 1. The van der Waals surface area contributed by atoms with Crippen molar-refractivity contribution >= 4 is 39.4 Å². The highest BCUT2D eigenvalue weighted by Crippen LogP contribution is 2.28. The molecule has 0 bridgehead atoms. The van der Waals surface area contributed by atoms with E-state index in [9.17, 15) is 9.59 Å². The predicted molar refractivity (Wildman–Crippen MR) is 133 cm³/mol. The number of carbonyl (C=O) groups is 2. The number of aryl methyl sites for hydroxylation is 1. The number of ether oxygens (including phenoxy) is 1. The van der Waals surface area contributed by atoms with Crippen LogP contribution < -0.4 is 5.32 Å². The summed E-state index contributed by atoms with van der Waals surface area (Å²) >= 11 is 1.36. The van der Waals surface area contributed by atoms with Gasteiger partial charge in [0.2, 0.25) is 5.91 Å². The third-order valence-corrected chi connectivity index (χ3v) is 6.61. The van der Waals surface area contributed by atoms with Gasteiger partial charge in [0.25, 0.3) is 0 Å². The number of fused-ring (bicyclic) bond motifs is 1. The smallest absolute Gasteiger partial charge is 0.410 e. The van der Waals surface area contributed by atoms with Crippen molar-refractivity contribution in [3.8, 4) is 11.3 Å². The molecule has 0 saturated carbocycles. The van der Waals surface area contributed by atoms with Crippen molar-refractivity contribution in [2.45, 2.75) is 32.4 Å². The zero-order valence-electron chi connectivity index (χ0n) is 18.7. The fraction of sp³-hybridized carbons (Fsp3) is 0.231. The van der Waals surface area contributed by atoms with Gasteiger partial charge in [0, 0.05) is 28.6 Å². The molecule has 172 valence electrons. The average molecular weight is 473 g/mol. The number of aromatic nitrogens is 2. The highest BCUT2D eigenvalue weighted by Gasteiger charge is 2.35. The molecular weight excluding hydrogens is 448 g/mol. The lowest BCUT2D eigenvalue weighted by molar-refractivity contribution is -0.120. The van der Waals surface area contributed by atoms with E-state index in [1.165, 1.54) is 16.2 Å². The normalized spacial score (nSPS) is 15.4. The Hall–Kier alpha value is -3.78. The molecule has 7 nitrogen and oxygen atoms in total. The monoisotopic (exact) mass is 472 g/mol. The summed E-state index contributed by atoms with van der Waals surface area (Å²) in [6, 6.07) is 19.0. The molecule has 34 heavy (non-hydrogen) atoms. The fourth-order valence-electron chi connectivity index (χ4n) is 4.10. The Bertz CT molecular complexity index is 1340. The molecule has 0 aliphatic carbocycles. The zero-order valence-corrected chi connectivity index (χ0v) is 19.5. The Kier molecular flexibility index (Phi) is 6.22. The SMILES string of the molecule is Cc1ccc2cc(-c3csc(NC(=O)C4CCCN4C(=O)OCc4ccccc4)n3)ccc2n1. The Labute approximate surface area is 201 Å². The van der Waals surface area contributed by atoms with E-state index in [1.54, 1.807) is 0 Å². The summed E-state index contributed by atoms with van der Waals surface area (Å²) in [5.74, 6) is -0.242. The molecule has 1 atom stereocenters. The van der Waals surface area contributed by atoms with Gasteiger partial charge in [0.05, 0.1) is 11.2 Å². The number of likely N-dealkylation sites (tertiary alicyclic amines) is 1. The molecule has 2 amide bonds. The molecule has 1 N–H and O–H groups in total. The summed E-state index contributed by atoms with van der Waals surface area (Å²) in [6.07, 6.45) is 0.884. The van der Waals surface area contributed by atoms with Gasteiger partial charge in [-0.15, -0.1) is 11.3 Å². The van der Waals surface area contributed by atoms with Crippen LogP contribution in [0.3, 0.4) is 0 Å². The van der Waals surface area contributed by atoms with Crippen molar-refractivity contribution in [3.05, 3.63) is 77.3 Å². The topological polar surface area (TPSA) is 84.4 Å². The number of hydrogen-bond acceptors (Lipinski definition) is 6. The molecule has 2 aromatic heterocycles. The summed E-state index contributed by atoms with van der Waals surface area (Å²) in [7, 11) is 0.